The molecule has 6 heteroatoms. The molecule has 1 N–H and O–H groups in total. The first kappa shape index (κ1) is 21.8. The highest BCUT2D eigenvalue weighted by Crippen LogP contribution is 2.21. The lowest BCUT2D eigenvalue weighted by Crippen LogP contribution is -2.37. The molecule has 1 aromatic carbocycles. The molecule has 2 saturated heterocycles. The van der Waals surface area contributed by atoms with Gasteiger partial charge in [-0.15, -0.1) is 0 Å². The van der Waals surface area contributed by atoms with E-state index in [0.29, 0.717) is 29.3 Å². The van der Waals surface area contributed by atoms with Crippen molar-refractivity contribution in [3.63, 3.8) is 0 Å². The van der Waals surface area contributed by atoms with Crippen molar-refractivity contribution in [1.29, 1.82) is 0 Å². The summed E-state index contributed by atoms with van der Waals surface area (Å²) >= 11 is 0. The van der Waals surface area contributed by atoms with Gasteiger partial charge in [0.15, 0.2) is 0 Å². The molecule has 2 heterocycles. The molecule has 2 fully saturated rings. The van der Waals surface area contributed by atoms with E-state index in [1.807, 2.05) is 17.4 Å². The molecule has 2 aliphatic heterocycles. The van der Waals surface area contributed by atoms with Gasteiger partial charge in [-0.05, 0) is 55.9 Å². The maximum absolute atomic E-state index is 12.7. The second-order valence-corrected chi connectivity index (χ2v) is 8.61. The third kappa shape index (κ3) is 5.83. The molecule has 2 atom stereocenters. The number of hydrogen-bond acceptors (Lipinski definition) is 4. The van der Waals surface area contributed by atoms with E-state index in [1.54, 1.807) is 36.4 Å². The van der Waals surface area contributed by atoms with Crippen molar-refractivity contribution in [1.82, 2.24) is 4.90 Å². The van der Waals surface area contributed by atoms with Gasteiger partial charge in [0.05, 0.1) is 18.8 Å². The topological polar surface area (TPSA) is 67.9 Å². The van der Waals surface area contributed by atoms with Gasteiger partial charge in [-0.1, -0.05) is 25.2 Å². The Morgan fingerprint density at radius 1 is 1.19 bits per heavy atom. The molecular weight excluding hydrogens is 392 g/mol. The zero-order valence-corrected chi connectivity index (χ0v) is 18.1. The number of ether oxygens (including phenoxy) is 2. The Morgan fingerprint density at radius 3 is 2.61 bits per heavy atom. The van der Waals surface area contributed by atoms with Gasteiger partial charge in [0, 0.05) is 44.4 Å². The summed E-state index contributed by atoms with van der Waals surface area (Å²) in [5.74, 6) is 0.561. The largest absolute Gasteiger partial charge is 0.376 e. The number of rotatable bonds is 6. The summed E-state index contributed by atoms with van der Waals surface area (Å²) in [6.45, 7) is 5.24. The average Bonchev–Trinajstić information content (AvgIpc) is 3.32. The van der Waals surface area contributed by atoms with Crippen LogP contribution in [-0.2, 0) is 14.3 Å². The highest BCUT2D eigenvalue weighted by molar-refractivity contribution is 6.06. The van der Waals surface area contributed by atoms with Gasteiger partial charge in [0.1, 0.15) is 0 Å². The summed E-state index contributed by atoms with van der Waals surface area (Å²) in [4.78, 5) is 27.1. The predicted octanol–water partition coefficient (Wildman–Crippen LogP) is 4.01. The molecule has 3 aliphatic rings. The van der Waals surface area contributed by atoms with E-state index in [-0.39, 0.29) is 25.4 Å². The zero-order valence-electron chi connectivity index (χ0n) is 18.1. The van der Waals surface area contributed by atoms with Crippen molar-refractivity contribution in [2.75, 3.05) is 31.6 Å². The molecule has 0 aromatic heterocycles. The molecule has 0 bridgehead atoms. The Kier molecular flexibility index (Phi) is 7.20. The van der Waals surface area contributed by atoms with Gasteiger partial charge in [0.2, 0.25) is 0 Å². The molecule has 2 unspecified atom stereocenters. The number of nitrogens with zero attached hydrogens (tertiary/aromatic N) is 1. The van der Waals surface area contributed by atoms with E-state index in [0.717, 1.165) is 45.4 Å². The molecule has 167 valence electrons. The minimum atomic E-state index is -0.186. The van der Waals surface area contributed by atoms with Gasteiger partial charge in [0.25, 0.3) is 11.8 Å². The lowest BCUT2D eigenvalue weighted by atomic mass is 9.98. The first-order valence-corrected chi connectivity index (χ1v) is 11.3. The fourth-order valence-corrected chi connectivity index (χ4v) is 4.07. The minimum Gasteiger partial charge on any atom is -0.376 e. The number of nitrogens with one attached hydrogen (secondary N) is 1. The van der Waals surface area contributed by atoms with Crippen LogP contribution < -0.4 is 5.32 Å². The van der Waals surface area contributed by atoms with Crippen LogP contribution in [0.15, 0.2) is 48.1 Å². The second-order valence-electron chi connectivity index (χ2n) is 8.61. The van der Waals surface area contributed by atoms with Crippen molar-refractivity contribution in [2.24, 2.45) is 5.92 Å². The maximum Gasteiger partial charge on any atom is 0.255 e. The van der Waals surface area contributed by atoms with Gasteiger partial charge in [-0.3, -0.25) is 9.59 Å². The second kappa shape index (κ2) is 10.2. The summed E-state index contributed by atoms with van der Waals surface area (Å²) in [6.07, 6.45) is 11.6. The standard InChI is InChI=1S/C25H31N2O4.H2/c1-18-12-14-27(15-13-18)25(29)20-4-8-21(9-5-20)26-24(28)19-6-10-22(11-7-19)31-17-23-3-2-16-30-23;/h4-11,18,22-23H,2-3,12-17H2,1H3,(H,26,28);1H. The van der Waals surface area contributed by atoms with Gasteiger partial charge >= 0.3 is 0 Å². The fraction of sp³-hybridized carbons (Fsp3) is 0.480. The normalized spacial score (nSPS) is 24.2. The zero-order chi connectivity index (χ0) is 21.6. The number of carbonyl (C=O) groups is 2. The smallest absolute Gasteiger partial charge is 0.255 e. The first-order valence-electron chi connectivity index (χ1n) is 11.3. The lowest BCUT2D eigenvalue weighted by Gasteiger charge is -2.30. The van der Waals surface area contributed by atoms with Crippen LogP contribution in [0.25, 0.3) is 0 Å². The van der Waals surface area contributed by atoms with Crippen LogP contribution in [0.3, 0.4) is 0 Å². The Morgan fingerprint density at radius 2 is 1.97 bits per heavy atom. The Bertz CT molecular complexity index is 838. The van der Waals surface area contributed by atoms with Crippen molar-refractivity contribution in [2.45, 2.75) is 44.8 Å². The highest BCUT2D eigenvalue weighted by Gasteiger charge is 2.22. The lowest BCUT2D eigenvalue weighted by molar-refractivity contribution is -0.112. The third-order valence-electron chi connectivity index (χ3n) is 6.15. The summed E-state index contributed by atoms with van der Waals surface area (Å²) < 4.78 is 11.4. The van der Waals surface area contributed by atoms with Crippen LogP contribution in [-0.4, -0.2) is 55.2 Å². The number of likely N-dealkylation sites (tertiary alicyclic amines) is 1. The predicted molar refractivity (Wildman–Crippen MR) is 122 cm³/mol. The number of amides is 2. The number of anilines is 1. The van der Waals surface area contributed by atoms with Crippen LogP contribution in [0.1, 0.15) is 44.4 Å². The number of carbonyl (C=O) groups excluding carboxylic acids is 2. The number of piperidine rings is 1. The van der Waals surface area contributed by atoms with Crippen molar-refractivity contribution in [3.05, 3.63) is 60.1 Å². The Labute approximate surface area is 185 Å². The van der Waals surface area contributed by atoms with E-state index in [9.17, 15) is 9.59 Å². The van der Waals surface area contributed by atoms with E-state index in [1.165, 1.54) is 0 Å². The maximum atomic E-state index is 12.7. The number of benzene rings is 1. The third-order valence-corrected chi connectivity index (χ3v) is 6.15. The summed E-state index contributed by atoms with van der Waals surface area (Å²) in [5.41, 5.74) is 1.89. The molecule has 1 radical (unpaired) electrons. The Balaban J connectivity index is 0.00000289. The highest BCUT2D eigenvalue weighted by atomic mass is 16.5. The van der Waals surface area contributed by atoms with Crippen LogP contribution in [0.5, 0.6) is 0 Å². The molecular formula is C25H33N2O4. The molecule has 1 aliphatic carbocycles. The molecule has 31 heavy (non-hydrogen) atoms. The van der Waals surface area contributed by atoms with Crippen LogP contribution in [0.2, 0.25) is 0 Å². The van der Waals surface area contributed by atoms with E-state index in [2.05, 4.69) is 12.2 Å². The van der Waals surface area contributed by atoms with E-state index >= 15 is 0 Å². The van der Waals surface area contributed by atoms with E-state index in [4.69, 9.17) is 9.47 Å². The SMILES string of the molecule is CC1CCN(C(=O)c2ccc(NC(=O)C3=C[CH]C(OCC4CCCO4)C=C3)cc2)CC1.[HH]. The molecule has 2 amide bonds. The van der Waals surface area contributed by atoms with Crippen LogP contribution in [0, 0.1) is 12.3 Å². The van der Waals surface area contributed by atoms with Crippen LogP contribution >= 0.6 is 0 Å². The van der Waals surface area contributed by atoms with Gasteiger partial charge in [-0.25, -0.2) is 0 Å². The van der Waals surface area contributed by atoms with Crippen LogP contribution in [0.4, 0.5) is 5.69 Å². The minimum absolute atomic E-state index is 0. The van der Waals surface area contributed by atoms with Gasteiger partial charge in [-0.2, -0.15) is 0 Å². The molecule has 0 saturated carbocycles. The summed E-state index contributed by atoms with van der Waals surface area (Å²) in [6, 6.07) is 7.12. The van der Waals surface area contributed by atoms with Crippen molar-refractivity contribution >= 4 is 17.5 Å². The van der Waals surface area contributed by atoms with E-state index < -0.39 is 0 Å². The fourth-order valence-electron chi connectivity index (χ4n) is 4.07. The quantitative estimate of drug-likeness (QED) is 0.748. The summed E-state index contributed by atoms with van der Waals surface area (Å²) in [7, 11) is 0. The number of hydrogen-bond donors (Lipinski definition) is 1. The average molecular weight is 426 g/mol. The molecule has 4 rings (SSSR count). The van der Waals surface area contributed by atoms with Crippen molar-refractivity contribution < 1.29 is 20.5 Å². The Hall–Kier alpha value is -2.44. The first-order chi connectivity index (χ1) is 15.1. The molecule has 0 spiro atoms. The molecule has 1 aromatic rings. The summed E-state index contributed by atoms with van der Waals surface area (Å²) in [5, 5.41) is 2.89. The monoisotopic (exact) mass is 425 g/mol. The molecule has 6 nitrogen and oxygen atoms in total. The van der Waals surface area contributed by atoms with Gasteiger partial charge < -0.3 is 19.7 Å². The van der Waals surface area contributed by atoms with Crippen molar-refractivity contribution in [3.8, 4) is 0 Å².